The summed E-state index contributed by atoms with van der Waals surface area (Å²) in [5.41, 5.74) is 4.85. The van der Waals surface area contributed by atoms with E-state index in [-0.39, 0.29) is 11.7 Å². The van der Waals surface area contributed by atoms with E-state index in [2.05, 4.69) is 41.6 Å². The lowest BCUT2D eigenvalue weighted by molar-refractivity contribution is -0.0755. The average Bonchev–Trinajstić information content (AvgIpc) is 3.27. The van der Waals surface area contributed by atoms with Crippen LogP contribution < -0.4 is 9.47 Å². The van der Waals surface area contributed by atoms with E-state index in [0.717, 1.165) is 54.9 Å². The van der Waals surface area contributed by atoms with Crippen molar-refractivity contribution < 1.29 is 14.3 Å². The Hall–Kier alpha value is -2.49. The number of hydrogen-bond donors (Lipinski definition) is 0. The zero-order chi connectivity index (χ0) is 18.3. The van der Waals surface area contributed by atoms with Crippen LogP contribution in [0.5, 0.6) is 11.5 Å². The highest BCUT2D eigenvalue weighted by Gasteiger charge is 2.45. The number of nitrogens with zero attached hydrogens (tertiary/aromatic N) is 1. The van der Waals surface area contributed by atoms with Crippen molar-refractivity contribution in [3.8, 4) is 11.5 Å². The molecule has 1 saturated carbocycles. The van der Waals surface area contributed by atoms with Crippen molar-refractivity contribution in [3.63, 3.8) is 0 Å². The van der Waals surface area contributed by atoms with Crippen molar-refractivity contribution >= 4 is 5.71 Å². The first kappa shape index (κ1) is 16.7. The zero-order valence-electron chi connectivity index (χ0n) is 15.7. The van der Waals surface area contributed by atoms with Crippen LogP contribution in [0.1, 0.15) is 49.3 Å². The monoisotopic (exact) mass is 363 g/mol. The molecular weight excluding hydrogens is 338 g/mol. The van der Waals surface area contributed by atoms with Crippen molar-refractivity contribution in [2.45, 2.75) is 57.2 Å². The molecule has 0 N–H and O–H groups in total. The molecule has 140 valence electrons. The summed E-state index contributed by atoms with van der Waals surface area (Å²) < 4.78 is 12.2. The SMILES string of the molecule is CCOc1ccc(C2=NOC3(CCC3)C2)cc1OC1Cc2ccccc2C1. The smallest absolute Gasteiger partial charge is 0.162 e. The Labute approximate surface area is 160 Å². The second-order valence-corrected chi connectivity index (χ2v) is 7.85. The maximum absolute atomic E-state index is 6.41. The largest absolute Gasteiger partial charge is 0.490 e. The minimum absolute atomic E-state index is 0.0258. The molecule has 0 saturated heterocycles. The van der Waals surface area contributed by atoms with Gasteiger partial charge in [-0.2, -0.15) is 0 Å². The Morgan fingerprint density at radius 1 is 1.07 bits per heavy atom. The second kappa shape index (κ2) is 6.59. The number of rotatable bonds is 5. The molecule has 2 aromatic rings. The summed E-state index contributed by atoms with van der Waals surface area (Å²) in [6.45, 7) is 2.62. The Morgan fingerprint density at radius 2 is 1.85 bits per heavy atom. The maximum Gasteiger partial charge on any atom is 0.162 e. The lowest BCUT2D eigenvalue weighted by Gasteiger charge is -2.34. The highest BCUT2D eigenvalue weighted by Crippen LogP contribution is 2.44. The first-order valence-electron chi connectivity index (χ1n) is 10.0. The molecule has 1 fully saturated rings. The van der Waals surface area contributed by atoms with Crippen LogP contribution in [0.4, 0.5) is 0 Å². The van der Waals surface area contributed by atoms with Crippen molar-refractivity contribution in [2.75, 3.05) is 6.61 Å². The van der Waals surface area contributed by atoms with Crippen LogP contribution in [-0.4, -0.2) is 24.0 Å². The summed E-state index contributed by atoms with van der Waals surface area (Å²) in [5.74, 6) is 1.61. The van der Waals surface area contributed by atoms with Gasteiger partial charge in [0.1, 0.15) is 11.7 Å². The fourth-order valence-electron chi connectivity index (χ4n) is 4.35. The van der Waals surface area contributed by atoms with Crippen molar-refractivity contribution in [2.24, 2.45) is 5.16 Å². The summed E-state index contributed by atoms with van der Waals surface area (Å²) in [6.07, 6.45) is 6.40. The van der Waals surface area contributed by atoms with E-state index in [1.54, 1.807) is 0 Å². The summed E-state index contributed by atoms with van der Waals surface area (Å²) in [7, 11) is 0. The number of hydrogen-bond acceptors (Lipinski definition) is 4. The highest BCUT2D eigenvalue weighted by molar-refractivity contribution is 6.02. The molecule has 0 bridgehead atoms. The van der Waals surface area contributed by atoms with E-state index < -0.39 is 0 Å². The van der Waals surface area contributed by atoms with Gasteiger partial charge in [-0.1, -0.05) is 29.4 Å². The predicted octanol–water partition coefficient (Wildman–Crippen LogP) is 4.68. The topological polar surface area (TPSA) is 40.0 Å². The molecule has 0 atom stereocenters. The van der Waals surface area contributed by atoms with E-state index in [0.29, 0.717) is 6.61 Å². The van der Waals surface area contributed by atoms with Crippen LogP contribution >= 0.6 is 0 Å². The predicted molar refractivity (Wildman–Crippen MR) is 105 cm³/mol. The molecule has 27 heavy (non-hydrogen) atoms. The molecule has 4 nitrogen and oxygen atoms in total. The fraction of sp³-hybridized carbons (Fsp3) is 0.435. The first-order chi connectivity index (χ1) is 13.2. The molecular formula is C23H25NO3. The Kier molecular flexibility index (Phi) is 4.07. The average molecular weight is 363 g/mol. The van der Waals surface area contributed by atoms with Crippen molar-refractivity contribution in [1.29, 1.82) is 0 Å². The highest BCUT2D eigenvalue weighted by atomic mass is 16.7. The Morgan fingerprint density at radius 3 is 2.48 bits per heavy atom. The van der Waals surface area contributed by atoms with E-state index >= 15 is 0 Å². The first-order valence-corrected chi connectivity index (χ1v) is 10.0. The normalized spacial score (nSPS) is 20.0. The van der Waals surface area contributed by atoms with Gasteiger partial charge in [0.15, 0.2) is 11.5 Å². The summed E-state index contributed by atoms with van der Waals surface area (Å²) in [6, 6.07) is 14.7. The van der Waals surface area contributed by atoms with E-state index in [4.69, 9.17) is 14.3 Å². The maximum atomic E-state index is 6.41. The third-order valence-corrected chi connectivity index (χ3v) is 5.99. The van der Waals surface area contributed by atoms with Crippen molar-refractivity contribution in [3.05, 3.63) is 59.2 Å². The molecule has 0 unspecified atom stereocenters. The lowest BCUT2D eigenvalue weighted by Crippen LogP contribution is -2.36. The van der Waals surface area contributed by atoms with E-state index in [9.17, 15) is 0 Å². The van der Waals surface area contributed by atoms with Crippen LogP contribution in [-0.2, 0) is 17.7 Å². The number of oxime groups is 1. The van der Waals surface area contributed by atoms with Gasteiger partial charge in [-0.15, -0.1) is 0 Å². The Balaban J connectivity index is 1.37. The molecule has 2 aliphatic carbocycles. The van der Waals surface area contributed by atoms with Crippen LogP contribution in [0.3, 0.4) is 0 Å². The second-order valence-electron chi connectivity index (χ2n) is 7.85. The summed E-state index contributed by atoms with van der Waals surface area (Å²) in [4.78, 5) is 5.75. The van der Waals surface area contributed by atoms with Gasteiger partial charge in [-0.05, 0) is 55.5 Å². The van der Waals surface area contributed by atoms with Gasteiger partial charge in [0.2, 0.25) is 0 Å². The van der Waals surface area contributed by atoms with E-state index in [1.807, 2.05) is 13.0 Å². The lowest BCUT2D eigenvalue weighted by atomic mass is 9.76. The fourth-order valence-corrected chi connectivity index (χ4v) is 4.35. The Bertz CT molecular complexity index is 860. The standard InChI is InChI=1S/C23H25NO3/c1-2-25-21-9-8-18(20-15-23(27-24-20)10-5-11-23)14-22(21)26-19-12-16-6-3-4-7-17(16)13-19/h3-4,6-9,14,19H,2,5,10-13,15H2,1H3. The number of benzene rings is 2. The molecule has 1 heterocycles. The molecule has 5 rings (SSSR count). The summed E-state index contributed by atoms with van der Waals surface area (Å²) in [5, 5.41) is 4.38. The van der Waals surface area contributed by atoms with Gasteiger partial charge < -0.3 is 14.3 Å². The molecule has 2 aromatic carbocycles. The van der Waals surface area contributed by atoms with Gasteiger partial charge in [0.25, 0.3) is 0 Å². The molecule has 0 radical (unpaired) electrons. The zero-order valence-corrected chi connectivity index (χ0v) is 15.7. The minimum atomic E-state index is -0.0258. The quantitative estimate of drug-likeness (QED) is 0.774. The third-order valence-electron chi connectivity index (χ3n) is 5.99. The van der Waals surface area contributed by atoms with Crippen LogP contribution in [0.15, 0.2) is 47.6 Å². The van der Waals surface area contributed by atoms with Gasteiger partial charge in [-0.3, -0.25) is 0 Å². The molecule has 0 amide bonds. The van der Waals surface area contributed by atoms with Gasteiger partial charge >= 0.3 is 0 Å². The van der Waals surface area contributed by atoms with Gasteiger partial charge in [0, 0.05) is 24.8 Å². The van der Waals surface area contributed by atoms with Crippen LogP contribution in [0, 0.1) is 0 Å². The van der Waals surface area contributed by atoms with Crippen molar-refractivity contribution in [1.82, 2.24) is 0 Å². The molecule has 4 heteroatoms. The number of fused-ring (bicyclic) bond motifs is 1. The van der Waals surface area contributed by atoms with Gasteiger partial charge in [0.05, 0.1) is 12.3 Å². The molecule has 1 spiro atoms. The number of ether oxygens (including phenoxy) is 2. The van der Waals surface area contributed by atoms with Gasteiger partial charge in [-0.25, -0.2) is 0 Å². The van der Waals surface area contributed by atoms with Crippen LogP contribution in [0.2, 0.25) is 0 Å². The molecule has 0 aromatic heterocycles. The summed E-state index contributed by atoms with van der Waals surface area (Å²) >= 11 is 0. The molecule has 1 aliphatic heterocycles. The third kappa shape index (κ3) is 3.07. The van der Waals surface area contributed by atoms with Crippen LogP contribution in [0.25, 0.3) is 0 Å². The molecule has 3 aliphatic rings. The minimum Gasteiger partial charge on any atom is -0.490 e. The van der Waals surface area contributed by atoms with E-state index in [1.165, 1.54) is 17.5 Å².